The molecule has 1 fully saturated rings. The highest BCUT2D eigenvalue weighted by Gasteiger charge is 2.42. The molecular formula is C28H50N2O11P2. The molecular weight excluding hydrogens is 602 g/mol. The molecule has 4 atom stereocenters. The second-order valence-electron chi connectivity index (χ2n) is 12.4. The molecule has 13 nitrogen and oxygen atoms in total. The van der Waals surface area contributed by atoms with E-state index in [4.69, 9.17) is 42.3 Å². The summed E-state index contributed by atoms with van der Waals surface area (Å²) in [5, 5.41) is 9.02. The first kappa shape index (κ1) is 39.6. The van der Waals surface area contributed by atoms with E-state index in [2.05, 4.69) is 10.7 Å². The van der Waals surface area contributed by atoms with Crippen molar-refractivity contribution in [2.45, 2.75) is 106 Å². The summed E-state index contributed by atoms with van der Waals surface area (Å²) >= 11 is 0. The van der Waals surface area contributed by atoms with Crippen LogP contribution in [-0.4, -0.2) is 80.9 Å². The summed E-state index contributed by atoms with van der Waals surface area (Å²) in [4.78, 5) is 24.4. The van der Waals surface area contributed by atoms with Gasteiger partial charge in [0.25, 0.3) is 8.53 Å². The van der Waals surface area contributed by atoms with Gasteiger partial charge < -0.3 is 28.0 Å². The zero-order chi connectivity index (χ0) is 33.0. The van der Waals surface area contributed by atoms with Gasteiger partial charge in [-0.25, -0.2) is 4.67 Å². The topological polar surface area (TPSA) is 152 Å². The van der Waals surface area contributed by atoms with Crippen molar-refractivity contribution in [1.82, 2.24) is 4.67 Å². The summed E-state index contributed by atoms with van der Waals surface area (Å²) in [6, 6.07) is 2.21. The van der Waals surface area contributed by atoms with Crippen LogP contribution in [0.1, 0.15) is 75.7 Å². The number of esters is 2. The first-order chi connectivity index (χ1) is 19.9. The molecule has 1 rings (SSSR count). The minimum Gasteiger partial charge on any atom is -0.438 e. The van der Waals surface area contributed by atoms with E-state index in [-0.39, 0.29) is 31.7 Å². The Morgan fingerprint density at radius 1 is 1.02 bits per heavy atom. The van der Waals surface area contributed by atoms with Gasteiger partial charge >= 0.3 is 19.5 Å². The minimum atomic E-state index is -4.13. The van der Waals surface area contributed by atoms with Crippen LogP contribution in [0, 0.1) is 22.2 Å². The predicted molar refractivity (Wildman–Crippen MR) is 160 cm³/mol. The normalized spacial score (nSPS) is 20.6. The van der Waals surface area contributed by atoms with Crippen LogP contribution in [0.4, 0.5) is 0 Å². The lowest BCUT2D eigenvalue weighted by Gasteiger charge is -2.37. The van der Waals surface area contributed by atoms with Gasteiger partial charge in [-0.1, -0.05) is 0 Å². The summed E-state index contributed by atoms with van der Waals surface area (Å²) < 4.78 is 60.8. The number of ether oxygens (including phenoxy) is 4. The molecule has 0 bridgehead atoms. The molecule has 1 heterocycles. The number of rotatable bonds is 17. The van der Waals surface area contributed by atoms with Crippen molar-refractivity contribution < 1.29 is 51.2 Å². The fourth-order valence-electron chi connectivity index (χ4n) is 3.55. The van der Waals surface area contributed by atoms with E-state index in [0.717, 1.165) is 5.82 Å². The average Bonchev–Trinajstić information content (AvgIpc) is 3.27. The maximum Gasteiger partial charge on any atom is 0.359 e. The maximum atomic E-state index is 13.7. The van der Waals surface area contributed by atoms with Gasteiger partial charge in [0.05, 0.1) is 36.5 Å². The molecule has 15 heteroatoms. The van der Waals surface area contributed by atoms with E-state index >= 15 is 0 Å². The van der Waals surface area contributed by atoms with Crippen molar-refractivity contribution in [2.24, 2.45) is 10.8 Å². The number of carbonyl (C=O) groups excluding carboxylic acids is 2. The molecule has 248 valence electrons. The zero-order valence-electron chi connectivity index (χ0n) is 27.4. The highest BCUT2D eigenvalue weighted by atomic mass is 31.2. The third-order valence-corrected chi connectivity index (χ3v) is 9.44. The molecule has 1 unspecified atom stereocenters. The van der Waals surface area contributed by atoms with Crippen LogP contribution in [0.25, 0.3) is 0 Å². The first-order valence-corrected chi connectivity index (χ1v) is 16.9. The van der Waals surface area contributed by atoms with E-state index < -0.39 is 70.8 Å². The van der Waals surface area contributed by atoms with Gasteiger partial charge in [-0.2, -0.15) is 5.26 Å². The molecule has 43 heavy (non-hydrogen) atoms. The molecule has 0 radical (unpaired) electrons. The van der Waals surface area contributed by atoms with Crippen molar-refractivity contribution in [2.75, 3.05) is 33.9 Å². The molecule has 1 aliphatic rings. The highest BCUT2D eigenvalue weighted by molar-refractivity contribution is 7.57. The van der Waals surface area contributed by atoms with E-state index in [1.807, 2.05) is 27.7 Å². The van der Waals surface area contributed by atoms with Gasteiger partial charge in [-0.05, 0) is 75.3 Å². The summed E-state index contributed by atoms with van der Waals surface area (Å²) in [5.74, 6) is 0.0216. The monoisotopic (exact) mass is 652 g/mol. The molecule has 1 aliphatic heterocycles. The molecule has 0 saturated carbocycles. The Bertz CT molecular complexity index is 958. The molecule has 1 saturated heterocycles. The Morgan fingerprint density at radius 3 is 1.95 bits per heavy atom. The van der Waals surface area contributed by atoms with Crippen molar-refractivity contribution in [1.29, 1.82) is 5.26 Å². The number of hydrogen-bond acceptors (Lipinski definition) is 13. The lowest BCUT2D eigenvalue weighted by atomic mass is 9.98. The zero-order valence-corrected chi connectivity index (χ0v) is 29.1. The van der Waals surface area contributed by atoms with Crippen LogP contribution in [0.15, 0.2) is 11.9 Å². The molecule has 0 aliphatic carbocycles. The highest BCUT2D eigenvalue weighted by Crippen LogP contribution is 2.52. The fourth-order valence-corrected chi connectivity index (χ4v) is 6.35. The molecule has 0 spiro atoms. The van der Waals surface area contributed by atoms with Gasteiger partial charge in [-0.3, -0.25) is 23.2 Å². The van der Waals surface area contributed by atoms with Crippen LogP contribution < -0.4 is 0 Å². The van der Waals surface area contributed by atoms with Gasteiger partial charge in [0.2, 0.25) is 13.6 Å². The number of nitrogens with zero attached hydrogens (tertiary/aromatic N) is 2. The Kier molecular flexibility index (Phi) is 16.5. The second kappa shape index (κ2) is 17.9. The van der Waals surface area contributed by atoms with Gasteiger partial charge in [0.15, 0.2) is 0 Å². The summed E-state index contributed by atoms with van der Waals surface area (Å²) in [6.07, 6.45) is -0.269. The van der Waals surface area contributed by atoms with E-state index in [1.54, 1.807) is 41.5 Å². The van der Waals surface area contributed by atoms with E-state index in [1.165, 1.54) is 13.2 Å². The van der Waals surface area contributed by atoms with Crippen molar-refractivity contribution in [3.8, 4) is 6.07 Å². The molecule has 0 aromatic rings. The number of hydrogen-bond donors (Lipinski definition) is 0. The van der Waals surface area contributed by atoms with E-state index in [0.29, 0.717) is 0 Å². The lowest BCUT2D eigenvalue weighted by molar-refractivity contribution is -0.161. The van der Waals surface area contributed by atoms with E-state index in [9.17, 15) is 14.2 Å². The Balaban J connectivity index is 3.22. The Labute approximate surface area is 257 Å². The maximum absolute atomic E-state index is 13.7. The van der Waals surface area contributed by atoms with Crippen LogP contribution in [0.3, 0.4) is 0 Å². The smallest absolute Gasteiger partial charge is 0.359 e. The quantitative estimate of drug-likeness (QED) is 0.0795. The molecule has 0 aromatic heterocycles. The molecule has 0 N–H and O–H groups in total. The largest absolute Gasteiger partial charge is 0.438 e. The van der Waals surface area contributed by atoms with Crippen LogP contribution in [0.2, 0.25) is 0 Å². The summed E-state index contributed by atoms with van der Waals surface area (Å²) in [5.41, 5.74) is -1.62. The molecule has 0 amide bonds. The Morgan fingerprint density at radius 2 is 1.53 bits per heavy atom. The first-order valence-electron chi connectivity index (χ1n) is 14.2. The SMILES string of the molecule is CO[C@H]1CO[C@H](/C=C/P(=O)(OCOC(=O)C(C)(C)C)OCOC(=O)C(C)(C)C)[C@H]1OP(OCCC#N)N(C(C)C)C(C)C. The van der Waals surface area contributed by atoms with Gasteiger partial charge in [0.1, 0.15) is 18.3 Å². The molecule has 0 aromatic carbocycles. The van der Waals surface area contributed by atoms with Crippen molar-refractivity contribution in [3.05, 3.63) is 11.9 Å². The van der Waals surface area contributed by atoms with Crippen molar-refractivity contribution in [3.63, 3.8) is 0 Å². The number of carbonyl (C=O) groups is 2. The van der Waals surface area contributed by atoms with Gasteiger partial charge in [0, 0.05) is 25.0 Å². The van der Waals surface area contributed by atoms with Crippen LogP contribution in [-0.2, 0) is 51.2 Å². The third kappa shape index (κ3) is 13.6. The third-order valence-electron chi connectivity index (χ3n) is 5.85. The Hall–Kier alpha value is -1.45. The lowest BCUT2D eigenvalue weighted by Crippen LogP contribution is -2.38. The standard InChI is InChI=1S/C28H50N2O11P2/c1-20(2)30(21(3)4)42(38-15-12-14-29)41-24-22(35-17-23(24)34-11)13-16-43(33,39-18-36-25(31)27(5,6)7)40-19-37-26(32)28(8,9)10/h13,16,20-24H,12,15,17-19H2,1-11H3/b16-13+/t22-,23+,24-,42?/m1/s1. The van der Waals surface area contributed by atoms with Gasteiger partial charge in [-0.15, -0.1) is 0 Å². The van der Waals surface area contributed by atoms with Crippen LogP contribution in [0.5, 0.6) is 0 Å². The summed E-state index contributed by atoms with van der Waals surface area (Å²) in [6.45, 7) is 17.1. The van der Waals surface area contributed by atoms with Crippen molar-refractivity contribution >= 4 is 28.1 Å². The summed E-state index contributed by atoms with van der Waals surface area (Å²) in [7, 11) is -4.24. The average molecular weight is 653 g/mol. The number of nitriles is 1. The second-order valence-corrected chi connectivity index (χ2v) is 15.7. The fraction of sp³-hybridized carbons (Fsp3) is 0.821. The predicted octanol–water partition coefficient (Wildman–Crippen LogP) is 5.89. The van der Waals surface area contributed by atoms with Crippen LogP contribution >= 0.6 is 16.1 Å². The minimum absolute atomic E-state index is 0.0686. The number of methoxy groups -OCH3 is 1.